The van der Waals surface area contributed by atoms with Gasteiger partial charge in [-0.15, -0.1) is 11.3 Å². The number of nitrogens with zero attached hydrogens (tertiary/aromatic N) is 2. The van der Waals surface area contributed by atoms with E-state index in [1.165, 1.54) is 11.5 Å². The van der Waals surface area contributed by atoms with Crippen molar-refractivity contribution < 1.29 is 0 Å². The van der Waals surface area contributed by atoms with Gasteiger partial charge in [0.15, 0.2) is 0 Å². The highest BCUT2D eigenvalue weighted by molar-refractivity contribution is 9.12. The number of aromatic nitrogens is 2. The number of thiophene rings is 1. The summed E-state index contributed by atoms with van der Waals surface area (Å²) in [6.07, 6.45) is 0. The predicted octanol–water partition coefficient (Wildman–Crippen LogP) is 4.45. The van der Waals surface area contributed by atoms with E-state index in [1.54, 1.807) is 11.3 Å². The third-order valence-corrected chi connectivity index (χ3v) is 4.65. The molecule has 0 amide bonds. The fourth-order valence-corrected chi connectivity index (χ4v) is 4.63. The van der Waals surface area contributed by atoms with Crippen molar-refractivity contribution in [2.24, 2.45) is 0 Å². The lowest BCUT2D eigenvalue weighted by Crippen LogP contribution is -1.70. The van der Waals surface area contributed by atoms with Crippen LogP contribution in [-0.4, -0.2) is 9.36 Å². The fourth-order valence-electron chi connectivity index (χ4n) is 0.801. The minimum atomic E-state index is 0.300. The highest BCUT2D eigenvalue weighted by atomic mass is 79.9. The zero-order valence-corrected chi connectivity index (χ0v) is 11.5. The van der Waals surface area contributed by atoms with Crippen LogP contribution in [0.25, 0.3) is 10.6 Å². The van der Waals surface area contributed by atoms with Crippen LogP contribution in [0.1, 0.15) is 0 Å². The van der Waals surface area contributed by atoms with Crippen molar-refractivity contribution >= 4 is 66.3 Å². The Morgan fingerprint density at radius 3 is 2.62 bits per heavy atom. The van der Waals surface area contributed by atoms with Crippen molar-refractivity contribution in [2.45, 2.75) is 0 Å². The molecule has 0 fully saturated rings. The van der Waals surface area contributed by atoms with Gasteiger partial charge in [-0.05, 0) is 61.1 Å². The average molecular weight is 360 g/mol. The van der Waals surface area contributed by atoms with E-state index in [9.17, 15) is 0 Å². The summed E-state index contributed by atoms with van der Waals surface area (Å²) in [7, 11) is 0. The second-order valence-electron chi connectivity index (χ2n) is 2.11. The molecule has 0 saturated heterocycles. The third kappa shape index (κ3) is 2.12. The molecule has 0 aliphatic carbocycles. The summed E-state index contributed by atoms with van der Waals surface area (Å²) in [6.45, 7) is 0. The van der Waals surface area contributed by atoms with Gasteiger partial charge in [-0.1, -0.05) is 0 Å². The van der Waals surface area contributed by atoms with E-state index in [0.29, 0.717) is 5.28 Å². The maximum atomic E-state index is 5.63. The van der Waals surface area contributed by atoms with Crippen molar-refractivity contribution in [2.75, 3.05) is 0 Å². The lowest BCUT2D eigenvalue weighted by Gasteiger charge is -1.87. The normalized spacial score (nSPS) is 10.7. The summed E-state index contributed by atoms with van der Waals surface area (Å²) in [5.41, 5.74) is 1.03. The second kappa shape index (κ2) is 3.94. The highest BCUT2D eigenvalue weighted by Crippen LogP contribution is 2.39. The van der Waals surface area contributed by atoms with Gasteiger partial charge in [0, 0.05) is 5.56 Å². The van der Waals surface area contributed by atoms with Crippen LogP contribution in [0.5, 0.6) is 0 Å². The summed E-state index contributed by atoms with van der Waals surface area (Å²) in [5.74, 6) is 0. The molecular formula is C6HBr2ClN2S2. The van der Waals surface area contributed by atoms with Crippen LogP contribution in [0, 0.1) is 0 Å². The molecule has 2 rings (SSSR count). The Hall–Kier alpha value is 0.510. The third-order valence-electron chi connectivity index (χ3n) is 1.29. The smallest absolute Gasteiger partial charge is 0.204 e. The molecule has 2 heterocycles. The van der Waals surface area contributed by atoms with Crippen LogP contribution in [0.4, 0.5) is 0 Å². The zero-order valence-electron chi connectivity index (χ0n) is 5.92. The van der Waals surface area contributed by atoms with Crippen LogP contribution >= 0.6 is 66.3 Å². The molecule has 13 heavy (non-hydrogen) atoms. The lowest BCUT2D eigenvalue weighted by molar-refractivity contribution is 1.33. The molecule has 0 spiro atoms. The first-order valence-corrected chi connectivity index (χ1v) is 6.66. The van der Waals surface area contributed by atoms with Gasteiger partial charge < -0.3 is 0 Å². The van der Waals surface area contributed by atoms with Crippen molar-refractivity contribution in [1.29, 1.82) is 0 Å². The maximum Gasteiger partial charge on any atom is 0.234 e. The lowest BCUT2D eigenvalue weighted by atomic mass is 10.4. The number of hydrogen-bond donors (Lipinski definition) is 0. The van der Waals surface area contributed by atoms with E-state index >= 15 is 0 Å². The Bertz CT molecular complexity index is 440. The largest absolute Gasteiger partial charge is 0.234 e. The van der Waals surface area contributed by atoms with E-state index in [1.807, 2.05) is 6.07 Å². The van der Waals surface area contributed by atoms with Crippen LogP contribution in [0.15, 0.2) is 13.6 Å². The van der Waals surface area contributed by atoms with Crippen LogP contribution in [-0.2, 0) is 0 Å². The van der Waals surface area contributed by atoms with Gasteiger partial charge >= 0.3 is 0 Å². The minimum Gasteiger partial charge on any atom is -0.204 e. The molecule has 0 unspecified atom stereocenters. The molecule has 68 valence electrons. The summed E-state index contributed by atoms with van der Waals surface area (Å²) in [5, 5.41) is 1.13. The molecule has 0 radical (unpaired) electrons. The Morgan fingerprint density at radius 2 is 2.15 bits per heavy atom. The van der Waals surface area contributed by atoms with Crippen molar-refractivity contribution in [3.63, 3.8) is 0 Å². The molecule has 0 aliphatic heterocycles. The Balaban J connectivity index is 2.51. The van der Waals surface area contributed by atoms with E-state index < -0.39 is 0 Å². The Morgan fingerprint density at radius 1 is 1.38 bits per heavy atom. The van der Waals surface area contributed by atoms with Gasteiger partial charge in [0.2, 0.25) is 5.28 Å². The molecular weight excluding hydrogens is 359 g/mol. The first-order chi connectivity index (χ1) is 6.16. The van der Waals surface area contributed by atoms with Crippen molar-refractivity contribution in [3.05, 3.63) is 18.9 Å². The molecule has 2 aromatic rings. The molecule has 2 aromatic heterocycles. The predicted molar refractivity (Wildman–Crippen MR) is 63.6 cm³/mol. The fraction of sp³-hybridized carbons (Fsp3) is 0. The van der Waals surface area contributed by atoms with Crippen molar-refractivity contribution in [1.82, 2.24) is 9.36 Å². The SMILES string of the molecule is Clc1nsc(-c2cc(Br)sc2Br)n1. The van der Waals surface area contributed by atoms with E-state index in [4.69, 9.17) is 11.6 Å². The number of hydrogen-bond acceptors (Lipinski definition) is 4. The average Bonchev–Trinajstić information content (AvgIpc) is 2.58. The quantitative estimate of drug-likeness (QED) is 0.751. The summed E-state index contributed by atoms with van der Waals surface area (Å²) < 4.78 is 6.00. The van der Waals surface area contributed by atoms with E-state index in [2.05, 4.69) is 41.2 Å². The van der Waals surface area contributed by atoms with Gasteiger partial charge in [0.1, 0.15) is 5.01 Å². The maximum absolute atomic E-state index is 5.63. The van der Waals surface area contributed by atoms with Gasteiger partial charge in [-0.3, -0.25) is 0 Å². The topological polar surface area (TPSA) is 25.8 Å². The van der Waals surface area contributed by atoms with E-state index in [0.717, 1.165) is 18.1 Å². The van der Waals surface area contributed by atoms with Crippen LogP contribution in [0.2, 0.25) is 5.28 Å². The van der Waals surface area contributed by atoms with Crippen molar-refractivity contribution in [3.8, 4) is 10.6 Å². The minimum absolute atomic E-state index is 0.300. The van der Waals surface area contributed by atoms with Gasteiger partial charge in [-0.25, -0.2) is 4.98 Å². The Kier molecular flexibility index (Phi) is 3.04. The first kappa shape index (κ1) is 10.0. The first-order valence-electron chi connectivity index (χ1n) is 3.11. The van der Waals surface area contributed by atoms with Gasteiger partial charge in [0.25, 0.3) is 0 Å². The summed E-state index contributed by atoms with van der Waals surface area (Å²) >= 11 is 15.4. The monoisotopic (exact) mass is 358 g/mol. The van der Waals surface area contributed by atoms with Gasteiger partial charge in [0.05, 0.1) is 7.57 Å². The summed E-state index contributed by atoms with van der Waals surface area (Å²) in [4.78, 5) is 4.08. The molecule has 0 atom stereocenters. The summed E-state index contributed by atoms with van der Waals surface area (Å²) in [6, 6.07) is 1.99. The molecule has 0 aliphatic rings. The van der Waals surface area contributed by atoms with E-state index in [-0.39, 0.29) is 0 Å². The number of halogens is 3. The molecule has 0 N–H and O–H groups in total. The van der Waals surface area contributed by atoms with Crippen LogP contribution < -0.4 is 0 Å². The molecule has 0 aromatic carbocycles. The Labute approximate surface area is 104 Å². The molecule has 0 bridgehead atoms. The number of rotatable bonds is 1. The van der Waals surface area contributed by atoms with Crippen LogP contribution in [0.3, 0.4) is 0 Å². The molecule has 2 nitrogen and oxygen atoms in total. The van der Waals surface area contributed by atoms with Gasteiger partial charge in [-0.2, -0.15) is 4.37 Å². The zero-order chi connectivity index (χ0) is 9.42. The highest BCUT2D eigenvalue weighted by Gasteiger charge is 2.11. The second-order valence-corrected chi connectivity index (χ2v) is 6.95. The molecule has 7 heteroatoms. The standard InChI is InChI=1S/C6HBr2ClN2S2/c7-3-1-2(4(8)12-3)5-10-6(9)11-13-5/h1H. The molecule has 0 saturated carbocycles.